The summed E-state index contributed by atoms with van der Waals surface area (Å²) >= 11 is 0. The zero-order valence-electron chi connectivity index (χ0n) is 9.31. The van der Waals surface area contributed by atoms with Gasteiger partial charge in [0, 0.05) is 5.56 Å². The molecule has 0 saturated heterocycles. The second kappa shape index (κ2) is 5.72. The van der Waals surface area contributed by atoms with Gasteiger partial charge in [-0.2, -0.15) is 0 Å². The van der Waals surface area contributed by atoms with Crippen LogP contribution in [-0.2, 0) is 4.79 Å². The number of aliphatic carboxylic acids is 1. The molecule has 0 aliphatic heterocycles. The van der Waals surface area contributed by atoms with Crippen molar-refractivity contribution in [1.29, 1.82) is 0 Å². The molecule has 5 heteroatoms. The molecule has 1 rings (SSSR count). The van der Waals surface area contributed by atoms with E-state index in [1.165, 1.54) is 24.3 Å². The first kappa shape index (κ1) is 13.6. The Balaban J connectivity index is 2.88. The summed E-state index contributed by atoms with van der Waals surface area (Å²) in [6.07, 6.45) is -3.47. The van der Waals surface area contributed by atoms with Gasteiger partial charge in [-0.05, 0) is 12.0 Å². The molecule has 2 atom stereocenters. The number of carbonyl (C=O) groups is 1. The summed E-state index contributed by atoms with van der Waals surface area (Å²) in [6.45, 7) is 1.65. The van der Waals surface area contributed by atoms with Gasteiger partial charge in [-0.25, -0.2) is 8.78 Å². The number of hydrogen-bond acceptors (Lipinski definition) is 2. The second-order valence-corrected chi connectivity index (χ2v) is 3.77. The number of rotatable bonds is 5. The van der Waals surface area contributed by atoms with Crippen molar-refractivity contribution in [3.8, 4) is 0 Å². The minimum atomic E-state index is -2.57. The van der Waals surface area contributed by atoms with E-state index in [2.05, 4.69) is 0 Å². The zero-order chi connectivity index (χ0) is 13.0. The van der Waals surface area contributed by atoms with E-state index in [0.29, 0.717) is 5.56 Å². The largest absolute Gasteiger partial charge is 0.481 e. The lowest BCUT2D eigenvalue weighted by atomic mass is 9.93. The quantitative estimate of drug-likeness (QED) is 0.837. The number of carboxylic acid groups (broad SMARTS) is 1. The number of alkyl halides is 2. The zero-order valence-corrected chi connectivity index (χ0v) is 9.31. The van der Waals surface area contributed by atoms with Crippen LogP contribution in [0.3, 0.4) is 0 Å². The molecule has 2 N–H and O–H groups in total. The van der Waals surface area contributed by atoms with Crippen LogP contribution in [0, 0.1) is 5.92 Å². The van der Waals surface area contributed by atoms with Gasteiger partial charge in [0.2, 0.25) is 0 Å². The first-order chi connectivity index (χ1) is 7.97. The third-order valence-corrected chi connectivity index (χ3v) is 2.67. The highest BCUT2D eigenvalue weighted by molar-refractivity contribution is 5.71. The third-order valence-electron chi connectivity index (χ3n) is 2.67. The van der Waals surface area contributed by atoms with Crippen molar-refractivity contribution in [2.24, 2.45) is 5.92 Å². The second-order valence-electron chi connectivity index (χ2n) is 3.77. The summed E-state index contributed by atoms with van der Waals surface area (Å²) in [4.78, 5) is 10.8. The van der Waals surface area contributed by atoms with Gasteiger partial charge >= 0.3 is 5.97 Å². The molecule has 1 aromatic rings. The van der Waals surface area contributed by atoms with E-state index in [-0.39, 0.29) is 12.0 Å². The molecular weight excluding hydrogens is 230 g/mol. The maximum atomic E-state index is 12.3. The Labute approximate surface area is 97.7 Å². The highest BCUT2D eigenvalue weighted by atomic mass is 19.3. The van der Waals surface area contributed by atoms with Crippen LogP contribution in [0.15, 0.2) is 24.3 Å². The van der Waals surface area contributed by atoms with Crippen LogP contribution >= 0.6 is 0 Å². The minimum absolute atomic E-state index is 0.149. The molecule has 0 heterocycles. The summed E-state index contributed by atoms with van der Waals surface area (Å²) in [6, 6.07) is 5.05. The van der Waals surface area contributed by atoms with Crippen molar-refractivity contribution in [2.75, 3.05) is 0 Å². The van der Waals surface area contributed by atoms with E-state index < -0.39 is 24.4 Å². The predicted molar refractivity (Wildman–Crippen MR) is 57.8 cm³/mol. The van der Waals surface area contributed by atoms with Crippen LogP contribution in [0.25, 0.3) is 0 Å². The van der Waals surface area contributed by atoms with Crippen molar-refractivity contribution in [2.45, 2.75) is 25.9 Å². The lowest BCUT2D eigenvalue weighted by Gasteiger charge is -2.18. The molecule has 0 aliphatic rings. The van der Waals surface area contributed by atoms with Crippen LogP contribution in [0.1, 0.15) is 37.0 Å². The molecule has 3 nitrogen and oxygen atoms in total. The fourth-order valence-electron chi connectivity index (χ4n) is 1.60. The van der Waals surface area contributed by atoms with Gasteiger partial charge in [-0.1, -0.05) is 31.2 Å². The molecule has 2 unspecified atom stereocenters. The van der Waals surface area contributed by atoms with Crippen LogP contribution < -0.4 is 0 Å². The average Bonchev–Trinajstić information content (AvgIpc) is 2.29. The fraction of sp³-hybridized carbons (Fsp3) is 0.417. The van der Waals surface area contributed by atoms with Crippen molar-refractivity contribution < 1.29 is 23.8 Å². The van der Waals surface area contributed by atoms with Crippen LogP contribution in [-0.4, -0.2) is 16.2 Å². The molecule has 1 aromatic carbocycles. The topological polar surface area (TPSA) is 57.5 Å². The lowest BCUT2D eigenvalue weighted by molar-refractivity contribution is -0.146. The highest BCUT2D eigenvalue weighted by Gasteiger charge is 2.25. The molecule has 0 aromatic heterocycles. The van der Waals surface area contributed by atoms with Crippen LogP contribution in [0.5, 0.6) is 0 Å². The number of benzene rings is 1. The molecule has 17 heavy (non-hydrogen) atoms. The molecule has 94 valence electrons. The highest BCUT2D eigenvalue weighted by Crippen LogP contribution is 2.27. The summed E-state index contributed by atoms with van der Waals surface area (Å²) < 4.78 is 24.6. The molecule has 0 amide bonds. The van der Waals surface area contributed by atoms with Gasteiger partial charge in [0.25, 0.3) is 6.43 Å². The normalized spacial score (nSPS) is 14.6. The van der Waals surface area contributed by atoms with Crippen LogP contribution in [0.4, 0.5) is 8.78 Å². The van der Waals surface area contributed by atoms with Crippen molar-refractivity contribution >= 4 is 5.97 Å². The van der Waals surface area contributed by atoms with E-state index in [0.717, 1.165) is 0 Å². The van der Waals surface area contributed by atoms with E-state index in [9.17, 15) is 18.7 Å². The molecule has 0 radical (unpaired) electrons. The van der Waals surface area contributed by atoms with E-state index in [4.69, 9.17) is 5.11 Å². The van der Waals surface area contributed by atoms with Crippen molar-refractivity contribution in [1.82, 2.24) is 0 Å². The number of hydrogen-bond donors (Lipinski definition) is 2. The molecule has 0 saturated carbocycles. The van der Waals surface area contributed by atoms with E-state index >= 15 is 0 Å². The van der Waals surface area contributed by atoms with Crippen molar-refractivity contribution in [3.05, 3.63) is 35.4 Å². The smallest absolute Gasteiger partial charge is 0.309 e. The maximum Gasteiger partial charge on any atom is 0.309 e. The number of carboxylic acids is 1. The summed E-state index contributed by atoms with van der Waals surface area (Å²) in [5, 5.41) is 18.7. The fourth-order valence-corrected chi connectivity index (χ4v) is 1.60. The predicted octanol–water partition coefficient (Wildman–Crippen LogP) is 2.77. The first-order valence-corrected chi connectivity index (χ1v) is 5.26. The lowest BCUT2D eigenvalue weighted by Crippen LogP contribution is -2.21. The molecule has 0 bridgehead atoms. The molecule has 0 spiro atoms. The Kier molecular flexibility index (Phi) is 4.57. The third kappa shape index (κ3) is 3.23. The van der Waals surface area contributed by atoms with Gasteiger partial charge in [0.05, 0.1) is 12.0 Å². The Morgan fingerprint density at radius 2 is 1.71 bits per heavy atom. The SMILES string of the molecule is CCC(C(=O)O)C(O)c1ccc(C(F)F)cc1. The first-order valence-electron chi connectivity index (χ1n) is 5.26. The Hall–Kier alpha value is -1.49. The Morgan fingerprint density at radius 1 is 1.24 bits per heavy atom. The molecule has 0 aliphatic carbocycles. The maximum absolute atomic E-state index is 12.3. The van der Waals surface area contributed by atoms with Gasteiger partial charge in [0.1, 0.15) is 0 Å². The summed E-state index contributed by atoms with van der Waals surface area (Å²) in [5.74, 6) is -2.02. The number of aliphatic hydroxyl groups excluding tert-OH is 1. The average molecular weight is 244 g/mol. The van der Waals surface area contributed by atoms with Gasteiger partial charge in [-0.3, -0.25) is 4.79 Å². The molecule has 0 fully saturated rings. The van der Waals surface area contributed by atoms with Gasteiger partial charge in [0.15, 0.2) is 0 Å². The van der Waals surface area contributed by atoms with E-state index in [1.54, 1.807) is 6.92 Å². The van der Waals surface area contributed by atoms with Crippen LogP contribution in [0.2, 0.25) is 0 Å². The Bertz CT molecular complexity index is 376. The molecular formula is C12H14F2O3. The minimum Gasteiger partial charge on any atom is -0.481 e. The number of aliphatic hydroxyl groups is 1. The van der Waals surface area contributed by atoms with Gasteiger partial charge < -0.3 is 10.2 Å². The van der Waals surface area contributed by atoms with Crippen molar-refractivity contribution in [3.63, 3.8) is 0 Å². The summed E-state index contributed by atoms with van der Waals surface area (Å²) in [7, 11) is 0. The standard InChI is InChI=1S/C12H14F2O3/c1-2-9(12(16)17)10(15)7-3-5-8(6-4-7)11(13)14/h3-6,9-11,15H,2H2,1H3,(H,16,17). The summed E-state index contributed by atoms with van der Waals surface area (Å²) in [5.41, 5.74) is 0.188. The van der Waals surface area contributed by atoms with Gasteiger partial charge in [-0.15, -0.1) is 0 Å². The monoisotopic (exact) mass is 244 g/mol. The number of halogens is 2. The van der Waals surface area contributed by atoms with E-state index in [1.807, 2.05) is 0 Å². The Morgan fingerprint density at radius 3 is 2.06 bits per heavy atom.